The molecule has 0 bridgehead atoms. The number of hydrogen-bond donors (Lipinski definition) is 0. The fourth-order valence-electron chi connectivity index (χ4n) is 4.55. The van der Waals surface area contributed by atoms with Gasteiger partial charge in [-0.1, -0.05) is 72.8 Å². The summed E-state index contributed by atoms with van der Waals surface area (Å²) in [6, 6.07) is 26.4. The summed E-state index contributed by atoms with van der Waals surface area (Å²) >= 11 is 0. The fraction of sp³-hybridized carbons (Fsp3) is 0. The first kappa shape index (κ1) is 30.7. The van der Waals surface area contributed by atoms with Crippen LogP contribution < -0.4 is 59.1 Å². The van der Waals surface area contributed by atoms with Gasteiger partial charge in [-0.05, 0) is 35.4 Å². The molecule has 8 nitrogen and oxygen atoms in total. The van der Waals surface area contributed by atoms with Gasteiger partial charge in [-0.25, -0.2) is 16.8 Å². The van der Waals surface area contributed by atoms with Crippen molar-refractivity contribution in [2.24, 2.45) is 0 Å². The van der Waals surface area contributed by atoms with E-state index in [-0.39, 0.29) is 81.4 Å². The monoisotopic (exact) mass is 590 g/mol. The molecule has 0 saturated heterocycles. The summed E-state index contributed by atoms with van der Waals surface area (Å²) in [4.78, 5) is -0.805. The number of furan rings is 2. The normalized spacial score (nSPS) is 11.8. The van der Waals surface area contributed by atoms with Crippen LogP contribution in [0.15, 0.2) is 116 Å². The van der Waals surface area contributed by atoms with Crippen molar-refractivity contribution in [1.29, 1.82) is 0 Å². The van der Waals surface area contributed by atoms with Crippen molar-refractivity contribution in [2.45, 2.75) is 9.79 Å². The minimum absolute atomic E-state index is 0. The van der Waals surface area contributed by atoms with E-state index in [4.69, 9.17) is 8.83 Å². The molecule has 0 spiro atoms. The van der Waals surface area contributed by atoms with Gasteiger partial charge in [-0.15, -0.1) is 0 Å². The molecular weight excluding hydrogens is 574 g/mol. The van der Waals surface area contributed by atoms with Crippen molar-refractivity contribution in [3.8, 4) is 33.8 Å². The summed E-state index contributed by atoms with van der Waals surface area (Å²) in [6.45, 7) is 0. The predicted molar refractivity (Wildman–Crippen MR) is 138 cm³/mol. The van der Waals surface area contributed by atoms with Crippen molar-refractivity contribution in [2.75, 3.05) is 0 Å². The van der Waals surface area contributed by atoms with Crippen molar-refractivity contribution < 1.29 is 93.9 Å². The third kappa shape index (κ3) is 5.62. The maximum absolute atomic E-state index is 12.0. The van der Waals surface area contributed by atoms with Gasteiger partial charge in [0.2, 0.25) is 0 Å². The standard InChI is InChI=1S/C28H18O8S2.2Na/c29-37(30,31)27-21-5-1-3-7-23(21)35-25(27)19-13-9-17(10-14-19)18-11-15-20(16-12-18)26-28(38(32,33)34)22-6-2-4-8-24(22)36-26;;/h1-16H,(H,29,30,31)(H,32,33,34);;/q;2*+1/p-2. The number of rotatable bonds is 5. The fourth-order valence-corrected chi connectivity index (χ4v) is 6.20. The van der Waals surface area contributed by atoms with Gasteiger partial charge >= 0.3 is 59.1 Å². The van der Waals surface area contributed by atoms with Crippen LogP contribution >= 0.6 is 0 Å². The van der Waals surface area contributed by atoms with Crippen molar-refractivity contribution in [3.63, 3.8) is 0 Å². The van der Waals surface area contributed by atoms with Gasteiger partial charge in [-0.2, -0.15) is 0 Å². The van der Waals surface area contributed by atoms with Crippen LogP contribution in [0.25, 0.3) is 55.7 Å². The summed E-state index contributed by atoms with van der Waals surface area (Å²) < 4.78 is 83.5. The van der Waals surface area contributed by atoms with Gasteiger partial charge in [0, 0.05) is 21.9 Å². The topological polar surface area (TPSA) is 141 Å². The average Bonchev–Trinajstić information content (AvgIpc) is 3.48. The van der Waals surface area contributed by atoms with E-state index < -0.39 is 30.0 Å². The summed E-state index contributed by atoms with van der Waals surface area (Å²) in [6.07, 6.45) is 0. The average molecular weight is 591 g/mol. The molecule has 6 aromatic rings. The van der Waals surface area contributed by atoms with E-state index in [0.717, 1.165) is 11.1 Å². The SMILES string of the molecule is O=S(=O)([O-])c1c(-c2ccc(-c3ccc(-c4oc5ccccc5c4S(=O)(=O)[O-])cc3)cc2)oc2ccccc12.[Na+].[Na+]. The molecule has 2 aromatic heterocycles. The van der Waals surface area contributed by atoms with E-state index in [1.54, 1.807) is 84.9 Å². The maximum atomic E-state index is 12.0. The first-order chi connectivity index (χ1) is 18.1. The van der Waals surface area contributed by atoms with Gasteiger partial charge in [0.1, 0.15) is 41.2 Å². The Morgan fingerprint density at radius 2 is 0.750 bits per heavy atom. The van der Waals surface area contributed by atoms with Gasteiger partial charge in [0.25, 0.3) is 0 Å². The Morgan fingerprint density at radius 1 is 0.450 bits per heavy atom. The van der Waals surface area contributed by atoms with E-state index >= 15 is 0 Å². The molecule has 0 aliphatic rings. The van der Waals surface area contributed by atoms with Gasteiger partial charge < -0.3 is 17.9 Å². The molecule has 0 aliphatic carbocycles. The second-order valence-corrected chi connectivity index (χ2v) is 11.2. The van der Waals surface area contributed by atoms with E-state index in [0.29, 0.717) is 22.3 Å². The summed E-state index contributed by atoms with van der Waals surface area (Å²) in [5.41, 5.74) is 2.96. The Labute approximate surface area is 274 Å². The molecular formula is C28H16Na2O8S2. The molecule has 40 heavy (non-hydrogen) atoms. The second kappa shape index (κ2) is 11.6. The van der Waals surface area contributed by atoms with E-state index in [9.17, 15) is 25.9 Å². The first-order valence-electron chi connectivity index (χ1n) is 11.3. The van der Waals surface area contributed by atoms with Crippen LogP contribution in [0.4, 0.5) is 0 Å². The van der Waals surface area contributed by atoms with Crippen LogP contribution in [0.5, 0.6) is 0 Å². The molecule has 0 saturated carbocycles. The van der Waals surface area contributed by atoms with E-state index in [2.05, 4.69) is 0 Å². The van der Waals surface area contributed by atoms with Crippen LogP contribution in [0, 0.1) is 0 Å². The molecule has 0 aliphatic heterocycles. The third-order valence-corrected chi connectivity index (χ3v) is 8.04. The van der Waals surface area contributed by atoms with Gasteiger partial charge in [0.15, 0.2) is 11.5 Å². The Bertz CT molecular complexity index is 1910. The minimum atomic E-state index is -4.80. The van der Waals surface area contributed by atoms with Crippen LogP contribution in [0.1, 0.15) is 0 Å². The zero-order valence-corrected chi connectivity index (χ0v) is 27.0. The largest absolute Gasteiger partial charge is 1.00 e. The Balaban J connectivity index is 0.00000185. The van der Waals surface area contributed by atoms with Crippen molar-refractivity contribution in [1.82, 2.24) is 0 Å². The second-order valence-electron chi connectivity index (χ2n) is 8.58. The summed E-state index contributed by atoms with van der Waals surface area (Å²) in [5.74, 6) is -0.0568. The van der Waals surface area contributed by atoms with Crippen molar-refractivity contribution in [3.05, 3.63) is 97.1 Å². The van der Waals surface area contributed by atoms with Crippen LogP contribution in [0.2, 0.25) is 0 Å². The first-order valence-corrected chi connectivity index (χ1v) is 14.1. The molecule has 0 fully saturated rings. The molecule has 190 valence electrons. The van der Waals surface area contributed by atoms with Gasteiger partial charge in [-0.3, -0.25) is 0 Å². The molecule has 0 radical (unpaired) electrons. The Hall–Kier alpha value is -2.22. The number of fused-ring (bicyclic) bond motifs is 2. The van der Waals surface area contributed by atoms with Crippen LogP contribution in [0.3, 0.4) is 0 Å². The zero-order chi connectivity index (χ0) is 26.7. The molecule has 0 N–H and O–H groups in total. The number of para-hydroxylation sites is 2. The Kier molecular flexibility index (Phi) is 8.89. The van der Waals surface area contributed by atoms with Crippen LogP contribution in [-0.2, 0) is 20.2 Å². The Morgan fingerprint density at radius 3 is 1.07 bits per heavy atom. The molecule has 0 unspecified atom stereocenters. The molecule has 4 aromatic carbocycles. The van der Waals surface area contributed by atoms with Gasteiger partial charge in [0.05, 0.1) is 0 Å². The quantitative estimate of drug-likeness (QED) is 0.202. The smallest absolute Gasteiger partial charge is 0.744 e. The third-order valence-electron chi connectivity index (χ3n) is 6.23. The van der Waals surface area contributed by atoms with E-state index in [1.165, 1.54) is 12.1 Å². The molecule has 6 rings (SSSR count). The molecule has 0 amide bonds. The summed E-state index contributed by atoms with van der Waals surface area (Å²) in [7, 11) is -9.60. The zero-order valence-electron chi connectivity index (χ0n) is 21.3. The molecule has 12 heteroatoms. The minimum Gasteiger partial charge on any atom is -0.744 e. The van der Waals surface area contributed by atoms with Crippen molar-refractivity contribution >= 4 is 42.2 Å². The predicted octanol–water partition coefficient (Wildman–Crippen LogP) is -0.00380. The van der Waals surface area contributed by atoms with Crippen LogP contribution in [-0.4, -0.2) is 25.9 Å². The number of hydrogen-bond acceptors (Lipinski definition) is 8. The maximum Gasteiger partial charge on any atom is 1.00 e. The molecule has 2 heterocycles. The summed E-state index contributed by atoms with van der Waals surface area (Å²) in [5, 5.41) is 0.449. The van der Waals surface area contributed by atoms with E-state index in [1.807, 2.05) is 0 Å². The molecule has 0 atom stereocenters. The number of benzene rings is 4.